The molecule has 2 rings (SSSR count). The predicted octanol–water partition coefficient (Wildman–Crippen LogP) is 1.81. The van der Waals surface area contributed by atoms with Crippen LogP contribution in [0.4, 0.5) is 0 Å². The van der Waals surface area contributed by atoms with Gasteiger partial charge in [-0.3, -0.25) is 9.89 Å². The summed E-state index contributed by atoms with van der Waals surface area (Å²) in [5, 5.41) is 7.00. The molecule has 1 aliphatic rings. The number of aryl methyl sites for hydroxylation is 1. The third-order valence-corrected chi connectivity index (χ3v) is 5.04. The van der Waals surface area contributed by atoms with Gasteiger partial charge in [-0.25, -0.2) is 0 Å². The van der Waals surface area contributed by atoms with Gasteiger partial charge in [0.1, 0.15) is 0 Å². The first kappa shape index (κ1) is 19.7. The first-order valence-corrected chi connectivity index (χ1v) is 9.52. The van der Waals surface area contributed by atoms with Crippen LogP contribution in [0.2, 0.25) is 0 Å². The van der Waals surface area contributed by atoms with Gasteiger partial charge in [-0.2, -0.15) is 0 Å². The zero-order valence-electron chi connectivity index (χ0n) is 16.3. The first-order valence-electron chi connectivity index (χ1n) is 9.52. The summed E-state index contributed by atoms with van der Waals surface area (Å²) in [5.74, 6) is 0.904. The summed E-state index contributed by atoms with van der Waals surface area (Å²) >= 11 is 0. The molecule has 0 bridgehead atoms. The average molecular weight is 346 g/mol. The molecule has 0 aromatic heterocycles. The average Bonchev–Trinajstić information content (AvgIpc) is 2.64. The van der Waals surface area contributed by atoms with Crippen LogP contribution in [0.5, 0.6) is 0 Å². The molecule has 140 valence electrons. The van der Waals surface area contributed by atoms with Gasteiger partial charge in [-0.1, -0.05) is 30.3 Å². The summed E-state index contributed by atoms with van der Waals surface area (Å²) in [4.78, 5) is 9.33. The summed E-state index contributed by atoms with van der Waals surface area (Å²) in [6.07, 6.45) is 2.18. The van der Waals surface area contributed by atoms with Gasteiger partial charge in [0.2, 0.25) is 0 Å². The largest absolute Gasteiger partial charge is 0.355 e. The lowest BCUT2D eigenvalue weighted by Gasteiger charge is -2.36. The Morgan fingerprint density at radius 3 is 2.44 bits per heavy atom. The number of likely N-dealkylation sites (N-methyl/N-ethyl adjacent to an activating group) is 1. The molecule has 1 saturated heterocycles. The number of rotatable bonds is 7. The Hall–Kier alpha value is -1.59. The summed E-state index contributed by atoms with van der Waals surface area (Å²) in [6, 6.07) is 11.6. The monoisotopic (exact) mass is 345 g/mol. The fraction of sp³-hybridized carbons (Fsp3) is 0.650. The van der Waals surface area contributed by atoms with E-state index >= 15 is 0 Å². The highest BCUT2D eigenvalue weighted by molar-refractivity contribution is 5.79. The number of nitrogens with zero attached hydrogens (tertiary/aromatic N) is 3. The number of hydrogen-bond acceptors (Lipinski definition) is 3. The Morgan fingerprint density at radius 1 is 1.12 bits per heavy atom. The van der Waals surface area contributed by atoms with Gasteiger partial charge >= 0.3 is 0 Å². The highest BCUT2D eigenvalue weighted by Crippen LogP contribution is 2.05. The lowest BCUT2D eigenvalue weighted by molar-refractivity contribution is 0.120. The normalized spacial score (nSPS) is 19.4. The first-order chi connectivity index (χ1) is 12.1. The van der Waals surface area contributed by atoms with Gasteiger partial charge in [0, 0.05) is 51.9 Å². The molecule has 0 amide bonds. The Morgan fingerprint density at radius 2 is 1.80 bits per heavy atom. The number of piperazine rings is 1. The SMILES string of the molecule is CN=C(NCC(C)N1CCN(C)CC1)NC(C)CCc1ccccc1. The summed E-state index contributed by atoms with van der Waals surface area (Å²) in [6.45, 7) is 10.1. The third kappa shape index (κ3) is 7.04. The van der Waals surface area contributed by atoms with Crippen LogP contribution in [-0.4, -0.2) is 74.7 Å². The van der Waals surface area contributed by atoms with Crippen LogP contribution in [0.15, 0.2) is 35.3 Å². The fourth-order valence-electron chi connectivity index (χ4n) is 3.16. The van der Waals surface area contributed by atoms with E-state index in [9.17, 15) is 0 Å². The Kier molecular flexibility index (Phi) is 8.22. The standard InChI is InChI=1S/C20H35N5/c1-17(10-11-19-8-6-5-7-9-19)23-20(21-3)22-16-18(2)25-14-12-24(4)13-15-25/h5-9,17-18H,10-16H2,1-4H3,(H2,21,22,23). The van der Waals surface area contributed by atoms with Crippen molar-refractivity contribution in [3.05, 3.63) is 35.9 Å². The van der Waals surface area contributed by atoms with E-state index < -0.39 is 0 Å². The molecule has 1 heterocycles. The Labute approximate surface area is 153 Å². The molecule has 0 aliphatic carbocycles. The van der Waals surface area contributed by atoms with Gasteiger partial charge in [0.05, 0.1) is 0 Å². The molecule has 2 unspecified atom stereocenters. The van der Waals surface area contributed by atoms with Crippen molar-refractivity contribution in [3.63, 3.8) is 0 Å². The van der Waals surface area contributed by atoms with E-state index in [2.05, 4.69) is 76.7 Å². The lowest BCUT2D eigenvalue weighted by atomic mass is 10.1. The second kappa shape index (κ2) is 10.4. The minimum atomic E-state index is 0.394. The van der Waals surface area contributed by atoms with Crippen LogP contribution in [0.1, 0.15) is 25.8 Å². The smallest absolute Gasteiger partial charge is 0.191 e. The van der Waals surface area contributed by atoms with Gasteiger partial charge < -0.3 is 15.5 Å². The van der Waals surface area contributed by atoms with Crippen molar-refractivity contribution in [3.8, 4) is 0 Å². The maximum atomic E-state index is 4.38. The van der Waals surface area contributed by atoms with Gasteiger partial charge in [-0.15, -0.1) is 0 Å². The minimum Gasteiger partial charge on any atom is -0.355 e. The Balaban J connectivity index is 1.69. The van der Waals surface area contributed by atoms with Gasteiger partial charge in [0.15, 0.2) is 5.96 Å². The molecular weight excluding hydrogens is 310 g/mol. The second-order valence-corrected chi connectivity index (χ2v) is 7.21. The van der Waals surface area contributed by atoms with E-state index in [4.69, 9.17) is 0 Å². The van der Waals surface area contributed by atoms with Crippen molar-refractivity contribution in [2.45, 2.75) is 38.8 Å². The van der Waals surface area contributed by atoms with E-state index in [1.807, 2.05) is 7.05 Å². The van der Waals surface area contributed by atoms with Crippen molar-refractivity contribution >= 4 is 5.96 Å². The molecule has 5 nitrogen and oxygen atoms in total. The molecule has 2 atom stereocenters. The van der Waals surface area contributed by atoms with Crippen molar-refractivity contribution < 1.29 is 0 Å². The zero-order valence-corrected chi connectivity index (χ0v) is 16.3. The van der Waals surface area contributed by atoms with Crippen molar-refractivity contribution in [2.24, 2.45) is 4.99 Å². The number of benzene rings is 1. The highest BCUT2D eigenvalue weighted by Gasteiger charge is 2.19. The van der Waals surface area contributed by atoms with Gasteiger partial charge in [0.25, 0.3) is 0 Å². The molecule has 1 fully saturated rings. The van der Waals surface area contributed by atoms with Crippen LogP contribution in [0.3, 0.4) is 0 Å². The summed E-state index contributed by atoms with van der Waals surface area (Å²) in [5.41, 5.74) is 1.39. The minimum absolute atomic E-state index is 0.394. The van der Waals surface area contributed by atoms with E-state index in [1.54, 1.807) is 0 Å². The molecule has 25 heavy (non-hydrogen) atoms. The van der Waals surface area contributed by atoms with E-state index in [0.717, 1.165) is 51.5 Å². The number of nitrogens with one attached hydrogen (secondary N) is 2. The van der Waals surface area contributed by atoms with E-state index in [1.165, 1.54) is 5.56 Å². The topological polar surface area (TPSA) is 42.9 Å². The van der Waals surface area contributed by atoms with E-state index in [0.29, 0.717) is 12.1 Å². The molecule has 1 aromatic carbocycles. The lowest BCUT2D eigenvalue weighted by Crippen LogP contribution is -2.52. The van der Waals surface area contributed by atoms with Crippen LogP contribution in [0.25, 0.3) is 0 Å². The van der Waals surface area contributed by atoms with Crippen LogP contribution in [0, 0.1) is 0 Å². The summed E-state index contributed by atoms with van der Waals surface area (Å²) < 4.78 is 0. The maximum Gasteiger partial charge on any atom is 0.191 e. The van der Waals surface area contributed by atoms with E-state index in [-0.39, 0.29) is 0 Å². The highest BCUT2D eigenvalue weighted by atomic mass is 15.3. The van der Waals surface area contributed by atoms with Crippen molar-refractivity contribution in [2.75, 3.05) is 46.8 Å². The quantitative estimate of drug-likeness (QED) is 0.584. The maximum absolute atomic E-state index is 4.38. The number of aliphatic imine (C=N–C) groups is 1. The molecular formula is C20H35N5. The van der Waals surface area contributed by atoms with Crippen LogP contribution >= 0.6 is 0 Å². The molecule has 1 aromatic rings. The van der Waals surface area contributed by atoms with Crippen LogP contribution in [-0.2, 0) is 6.42 Å². The molecule has 0 spiro atoms. The number of hydrogen-bond donors (Lipinski definition) is 2. The van der Waals surface area contributed by atoms with Crippen molar-refractivity contribution in [1.29, 1.82) is 0 Å². The predicted molar refractivity (Wildman–Crippen MR) is 107 cm³/mol. The fourth-order valence-corrected chi connectivity index (χ4v) is 3.16. The summed E-state index contributed by atoms with van der Waals surface area (Å²) in [7, 11) is 4.04. The molecule has 5 heteroatoms. The second-order valence-electron chi connectivity index (χ2n) is 7.21. The van der Waals surface area contributed by atoms with Gasteiger partial charge in [-0.05, 0) is 39.3 Å². The zero-order chi connectivity index (χ0) is 18.1. The molecule has 0 saturated carbocycles. The van der Waals surface area contributed by atoms with Crippen LogP contribution < -0.4 is 10.6 Å². The number of guanidine groups is 1. The Bertz CT molecular complexity index is 508. The third-order valence-electron chi connectivity index (χ3n) is 5.04. The molecule has 2 N–H and O–H groups in total. The molecule has 1 aliphatic heterocycles. The van der Waals surface area contributed by atoms with Crippen molar-refractivity contribution in [1.82, 2.24) is 20.4 Å². The molecule has 0 radical (unpaired) electrons.